The molecule has 0 aromatic carbocycles. The zero-order valence-corrected chi connectivity index (χ0v) is 12.6. The molecular formula is C10H16BrCl2N3O. The molecule has 0 aliphatic heterocycles. The summed E-state index contributed by atoms with van der Waals surface area (Å²) in [6.45, 7) is 4.33. The van der Waals surface area contributed by atoms with Crippen molar-refractivity contribution < 1.29 is 4.79 Å². The van der Waals surface area contributed by atoms with E-state index in [-0.39, 0.29) is 30.7 Å². The molecule has 0 unspecified atom stereocenters. The Morgan fingerprint density at radius 3 is 2.59 bits per heavy atom. The highest BCUT2D eigenvalue weighted by Gasteiger charge is 2.04. The number of hydrogen-bond acceptors (Lipinski definition) is 3. The third-order valence-electron chi connectivity index (χ3n) is 1.80. The smallest absolute Gasteiger partial charge is 0.269 e. The maximum Gasteiger partial charge on any atom is 0.269 e. The molecule has 0 aliphatic carbocycles. The second kappa shape index (κ2) is 10.8. The topological polar surface area (TPSA) is 54.0 Å². The van der Waals surface area contributed by atoms with Crippen LogP contribution in [0, 0.1) is 0 Å². The predicted octanol–water partition coefficient (Wildman–Crippen LogP) is 2.03. The number of halogens is 3. The third-order valence-corrected chi connectivity index (χ3v) is 2.27. The van der Waals surface area contributed by atoms with Crippen LogP contribution >= 0.6 is 40.7 Å². The summed E-state index contributed by atoms with van der Waals surface area (Å²) in [7, 11) is 0. The van der Waals surface area contributed by atoms with Crippen LogP contribution in [0.15, 0.2) is 22.8 Å². The normalized spacial score (nSPS) is 8.82. The maximum atomic E-state index is 11.5. The van der Waals surface area contributed by atoms with Crippen molar-refractivity contribution >= 4 is 46.7 Å². The minimum atomic E-state index is -0.139. The van der Waals surface area contributed by atoms with Gasteiger partial charge in [0.15, 0.2) is 0 Å². The molecule has 1 heterocycles. The molecule has 17 heavy (non-hydrogen) atoms. The highest BCUT2D eigenvalue weighted by Crippen LogP contribution is 2.06. The van der Waals surface area contributed by atoms with E-state index in [0.717, 1.165) is 17.6 Å². The van der Waals surface area contributed by atoms with Gasteiger partial charge in [-0.1, -0.05) is 6.92 Å². The van der Waals surface area contributed by atoms with Crippen molar-refractivity contribution in [1.82, 2.24) is 15.6 Å². The number of pyridine rings is 1. The molecule has 0 spiro atoms. The van der Waals surface area contributed by atoms with Crippen LogP contribution in [0.5, 0.6) is 0 Å². The van der Waals surface area contributed by atoms with Gasteiger partial charge >= 0.3 is 0 Å². The molecule has 1 aromatic heterocycles. The highest BCUT2D eigenvalue weighted by atomic mass is 79.9. The molecular weight excluding hydrogens is 329 g/mol. The van der Waals surface area contributed by atoms with Crippen LogP contribution < -0.4 is 10.6 Å². The Morgan fingerprint density at radius 2 is 2.06 bits per heavy atom. The molecule has 0 saturated carbocycles. The standard InChI is InChI=1S/C10H14BrN3O.2ClH/c1-2-12-5-6-13-10(15)9-4-3-8(11)7-14-9;;/h3-4,7,12H,2,5-6H2,1H3,(H,13,15);2*1H. The molecule has 0 bridgehead atoms. The number of amides is 1. The van der Waals surface area contributed by atoms with E-state index in [4.69, 9.17) is 0 Å². The summed E-state index contributed by atoms with van der Waals surface area (Å²) in [5, 5.41) is 5.90. The number of nitrogens with one attached hydrogen (secondary N) is 2. The van der Waals surface area contributed by atoms with E-state index in [1.165, 1.54) is 0 Å². The fourth-order valence-electron chi connectivity index (χ4n) is 1.04. The average molecular weight is 345 g/mol. The van der Waals surface area contributed by atoms with Gasteiger partial charge in [-0.2, -0.15) is 0 Å². The first kappa shape index (κ1) is 19.0. The van der Waals surface area contributed by atoms with E-state index in [0.29, 0.717) is 12.2 Å². The molecule has 1 aromatic rings. The number of likely N-dealkylation sites (N-methyl/N-ethyl adjacent to an activating group) is 1. The molecule has 1 rings (SSSR count). The van der Waals surface area contributed by atoms with E-state index in [9.17, 15) is 4.79 Å². The van der Waals surface area contributed by atoms with Gasteiger partial charge < -0.3 is 10.6 Å². The van der Waals surface area contributed by atoms with E-state index in [1.54, 1.807) is 18.3 Å². The zero-order valence-electron chi connectivity index (χ0n) is 9.40. The van der Waals surface area contributed by atoms with Crippen molar-refractivity contribution in [3.63, 3.8) is 0 Å². The van der Waals surface area contributed by atoms with Gasteiger partial charge in [0, 0.05) is 23.8 Å². The summed E-state index contributed by atoms with van der Waals surface area (Å²) in [4.78, 5) is 15.5. The van der Waals surface area contributed by atoms with Gasteiger partial charge in [0.1, 0.15) is 5.69 Å². The largest absolute Gasteiger partial charge is 0.349 e. The second-order valence-electron chi connectivity index (χ2n) is 2.97. The lowest BCUT2D eigenvalue weighted by Gasteiger charge is -2.04. The van der Waals surface area contributed by atoms with E-state index in [2.05, 4.69) is 31.5 Å². The Kier molecular flexibility index (Phi) is 12.0. The Labute approximate surface area is 122 Å². The molecule has 0 aliphatic rings. The lowest BCUT2D eigenvalue weighted by atomic mass is 10.3. The third kappa shape index (κ3) is 7.54. The van der Waals surface area contributed by atoms with Crippen molar-refractivity contribution in [3.05, 3.63) is 28.5 Å². The summed E-state index contributed by atoms with van der Waals surface area (Å²) in [5.41, 5.74) is 0.440. The monoisotopic (exact) mass is 343 g/mol. The van der Waals surface area contributed by atoms with Gasteiger partial charge in [-0.15, -0.1) is 24.8 Å². The molecule has 0 radical (unpaired) electrons. The number of rotatable bonds is 5. The first-order valence-corrected chi connectivity index (χ1v) is 5.64. The van der Waals surface area contributed by atoms with E-state index < -0.39 is 0 Å². The molecule has 1 amide bonds. The summed E-state index contributed by atoms with van der Waals surface area (Å²) >= 11 is 3.26. The summed E-state index contributed by atoms with van der Waals surface area (Å²) in [5.74, 6) is -0.139. The number of hydrogen-bond donors (Lipinski definition) is 2. The predicted molar refractivity (Wildman–Crippen MR) is 77.3 cm³/mol. The molecule has 0 saturated heterocycles. The molecule has 2 N–H and O–H groups in total. The van der Waals surface area contributed by atoms with Crippen LogP contribution in [0.1, 0.15) is 17.4 Å². The van der Waals surface area contributed by atoms with Crippen LogP contribution in [-0.2, 0) is 0 Å². The van der Waals surface area contributed by atoms with Crippen molar-refractivity contribution in [3.8, 4) is 0 Å². The minimum Gasteiger partial charge on any atom is -0.349 e. The number of carbonyl (C=O) groups excluding carboxylic acids is 1. The van der Waals surface area contributed by atoms with Crippen LogP contribution in [0.3, 0.4) is 0 Å². The average Bonchev–Trinajstić information content (AvgIpc) is 2.25. The highest BCUT2D eigenvalue weighted by molar-refractivity contribution is 9.10. The molecule has 7 heteroatoms. The van der Waals surface area contributed by atoms with Gasteiger partial charge in [0.05, 0.1) is 0 Å². The van der Waals surface area contributed by atoms with Crippen LogP contribution in [0.25, 0.3) is 0 Å². The molecule has 0 atom stereocenters. The molecule has 98 valence electrons. The van der Waals surface area contributed by atoms with Crippen LogP contribution in [0.4, 0.5) is 0 Å². The van der Waals surface area contributed by atoms with Crippen molar-refractivity contribution in [2.75, 3.05) is 19.6 Å². The Bertz CT molecular complexity index is 322. The van der Waals surface area contributed by atoms with Gasteiger partial charge in [-0.3, -0.25) is 4.79 Å². The Morgan fingerprint density at radius 1 is 1.35 bits per heavy atom. The lowest BCUT2D eigenvalue weighted by Crippen LogP contribution is -2.32. The lowest BCUT2D eigenvalue weighted by molar-refractivity contribution is 0.0949. The van der Waals surface area contributed by atoms with Crippen LogP contribution in [0.2, 0.25) is 0 Å². The molecule has 0 fully saturated rings. The number of carbonyl (C=O) groups is 1. The quantitative estimate of drug-likeness (QED) is 0.803. The summed E-state index contributed by atoms with van der Waals surface area (Å²) < 4.78 is 0.867. The van der Waals surface area contributed by atoms with Gasteiger partial charge in [-0.05, 0) is 34.6 Å². The number of nitrogens with zero attached hydrogens (tertiary/aromatic N) is 1. The zero-order chi connectivity index (χ0) is 11.1. The van der Waals surface area contributed by atoms with E-state index >= 15 is 0 Å². The second-order valence-corrected chi connectivity index (χ2v) is 3.89. The molecule has 4 nitrogen and oxygen atoms in total. The fraction of sp³-hybridized carbons (Fsp3) is 0.400. The first-order valence-electron chi connectivity index (χ1n) is 4.84. The maximum absolute atomic E-state index is 11.5. The van der Waals surface area contributed by atoms with Gasteiger partial charge in [-0.25, -0.2) is 4.98 Å². The minimum absolute atomic E-state index is 0. The van der Waals surface area contributed by atoms with Crippen molar-refractivity contribution in [1.29, 1.82) is 0 Å². The fourth-order valence-corrected chi connectivity index (χ4v) is 1.28. The summed E-state index contributed by atoms with van der Waals surface area (Å²) in [6, 6.07) is 3.48. The van der Waals surface area contributed by atoms with Crippen LogP contribution in [-0.4, -0.2) is 30.5 Å². The van der Waals surface area contributed by atoms with Gasteiger partial charge in [0.25, 0.3) is 5.91 Å². The Hall–Kier alpha value is -0.360. The van der Waals surface area contributed by atoms with E-state index in [1.807, 2.05) is 6.92 Å². The Balaban J connectivity index is 0. The summed E-state index contributed by atoms with van der Waals surface area (Å²) in [6.07, 6.45) is 1.61. The first-order chi connectivity index (χ1) is 7.24. The van der Waals surface area contributed by atoms with Crippen molar-refractivity contribution in [2.24, 2.45) is 0 Å². The number of aromatic nitrogens is 1. The van der Waals surface area contributed by atoms with Gasteiger partial charge in [0.2, 0.25) is 0 Å². The van der Waals surface area contributed by atoms with Crippen molar-refractivity contribution in [2.45, 2.75) is 6.92 Å². The SMILES string of the molecule is CCNCCNC(=O)c1ccc(Br)cn1.Cl.Cl.